The minimum atomic E-state index is 0.0241. The van der Waals surface area contributed by atoms with E-state index in [9.17, 15) is 0 Å². The number of rotatable bonds is 4. The molecule has 1 aliphatic rings. The zero-order valence-corrected chi connectivity index (χ0v) is 13.7. The summed E-state index contributed by atoms with van der Waals surface area (Å²) < 4.78 is 4.54. The van der Waals surface area contributed by atoms with Crippen molar-refractivity contribution in [2.24, 2.45) is 5.92 Å². The molecule has 3 aromatic rings. The molecule has 4 rings (SSSR count). The van der Waals surface area contributed by atoms with E-state index in [4.69, 9.17) is 5.73 Å². The fourth-order valence-electron chi connectivity index (χ4n) is 2.62. The normalized spacial score (nSPS) is 16.3. The molecule has 0 amide bonds. The van der Waals surface area contributed by atoms with Crippen LogP contribution in [0.5, 0.6) is 0 Å². The summed E-state index contributed by atoms with van der Waals surface area (Å²) in [6, 6.07) is 0.0241. The van der Waals surface area contributed by atoms with Crippen molar-refractivity contribution < 1.29 is 0 Å². The van der Waals surface area contributed by atoms with E-state index in [1.807, 2.05) is 15.6 Å². The van der Waals surface area contributed by atoms with Crippen LogP contribution in [0.2, 0.25) is 0 Å². The van der Waals surface area contributed by atoms with Crippen molar-refractivity contribution in [1.29, 1.82) is 0 Å². The average molecular weight is 362 g/mol. The van der Waals surface area contributed by atoms with Crippen LogP contribution < -0.4 is 5.73 Å². The fraction of sp³-hybridized carbons (Fsp3) is 0.429. The summed E-state index contributed by atoms with van der Waals surface area (Å²) in [6.45, 7) is 3.08. The lowest BCUT2D eigenvalue weighted by Crippen LogP contribution is -2.09. The molecule has 7 nitrogen and oxygen atoms in total. The third-order valence-corrected chi connectivity index (χ3v) is 4.68. The molecule has 0 aromatic carbocycles. The van der Waals surface area contributed by atoms with E-state index >= 15 is 0 Å². The molecule has 2 N–H and O–H groups in total. The van der Waals surface area contributed by atoms with Gasteiger partial charge in [-0.2, -0.15) is 10.2 Å². The monoisotopic (exact) mass is 361 g/mol. The Hall–Kier alpha value is -1.96. The number of hydrogen-bond acceptors (Lipinski definition) is 5. The van der Waals surface area contributed by atoms with E-state index < -0.39 is 0 Å². The predicted molar refractivity (Wildman–Crippen MR) is 86.2 cm³/mol. The van der Waals surface area contributed by atoms with Crippen molar-refractivity contribution in [2.75, 3.05) is 5.73 Å². The van der Waals surface area contributed by atoms with E-state index in [1.54, 1.807) is 0 Å². The third kappa shape index (κ3) is 2.27. The average Bonchev–Trinajstić information content (AvgIpc) is 3.06. The van der Waals surface area contributed by atoms with E-state index in [0.29, 0.717) is 10.4 Å². The lowest BCUT2D eigenvalue weighted by atomic mass is 10.2. The second kappa shape index (κ2) is 5.05. The van der Waals surface area contributed by atoms with Crippen molar-refractivity contribution in [2.45, 2.75) is 32.4 Å². The molecule has 1 unspecified atom stereocenters. The molecule has 0 bridgehead atoms. The van der Waals surface area contributed by atoms with Gasteiger partial charge in [0.05, 0.1) is 17.6 Å². The van der Waals surface area contributed by atoms with Crippen LogP contribution in [0.1, 0.15) is 31.4 Å². The van der Waals surface area contributed by atoms with Crippen LogP contribution >= 0.6 is 15.9 Å². The lowest BCUT2D eigenvalue weighted by Gasteiger charge is -2.10. The van der Waals surface area contributed by atoms with Gasteiger partial charge in [-0.15, -0.1) is 0 Å². The number of nitrogen functional groups attached to an aromatic ring is 1. The Bertz CT molecular complexity index is 833. The maximum absolute atomic E-state index is 5.92. The molecule has 0 aliphatic heterocycles. The van der Waals surface area contributed by atoms with Crippen molar-refractivity contribution in [3.8, 4) is 0 Å². The summed E-state index contributed by atoms with van der Waals surface area (Å²) in [6.07, 6.45) is 8.09. The zero-order valence-electron chi connectivity index (χ0n) is 12.1. The quantitative estimate of drug-likeness (QED) is 0.770. The largest absolute Gasteiger partial charge is 0.383 e. The molecule has 114 valence electrons. The highest BCUT2D eigenvalue weighted by Gasteiger charge is 2.23. The number of anilines is 1. The van der Waals surface area contributed by atoms with Gasteiger partial charge >= 0.3 is 0 Å². The Morgan fingerprint density at radius 1 is 1.41 bits per heavy atom. The number of nitrogens with zero attached hydrogens (tertiary/aromatic N) is 6. The van der Waals surface area contributed by atoms with Crippen molar-refractivity contribution in [1.82, 2.24) is 29.5 Å². The SMILES string of the molecule is CC(c1cnn(CC2CC2)c1)n1nc(Br)c2c(N)ncnc21. The number of halogens is 1. The second-order valence-electron chi connectivity index (χ2n) is 5.81. The molecule has 1 fully saturated rings. The molecule has 0 radical (unpaired) electrons. The van der Waals surface area contributed by atoms with Crippen LogP contribution in [0.3, 0.4) is 0 Å². The Morgan fingerprint density at radius 2 is 2.23 bits per heavy atom. The molecular weight excluding hydrogens is 346 g/mol. The third-order valence-electron chi connectivity index (χ3n) is 4.12. The fourth-order valence-corrected chi connectivity index (χ4v) is 3.18. The maximum atomic E-state index is 5.92. The molecule has 1 saturated carbocycles. The van der Waals surface area contributed by atoms with Gasteiger partial charge < -0.3 is 5.73 Å². The summed E-state index contributed by atoms with van der Waals surface area (Å²) in [7, 11) is 0. The molecule has 1 aliphatic carbocycles. The molecule has 3 heterocycles. The minimum Gasteiger partial charge on any atom is -0.383 e. The van der Waals surface area contributed by atoms with Gasteiger partial charge in [-0.05, 0) is 41.6 Å². The summed E-state index contributed by atoms with van der Waals surface area (Å²) in [5, 5.41) is 9.73. The standard InChI is InChI=1S/C14H16BrN7/c1-8(10-4-19-21(6-10)5-9-2-3-9)22-14-11(12(15)20-22)13(16)17-7-18-14/h4,6-9H,2-3,5H2,1H3,(H2,16,17,18). The maximum Gasteiger partial charge on any atom is 0.165 e. The van der Waals surface area contributed by atoms with E-state index in [1.165, 1.54) is 19.2 Å². The highest BCUT2D eigenvalue weighted by molar-refractivity contribution is 9.10. The van der Waals surface area contributed by atoms with Crippen LogP contribution in [0, 0.1) is 5.92 Å². The van der Waals surface area contributed by atoms with Crippen molar-refractivity contribution >= 4 is 32.8 Å². The smallest absolute Gasteiger partial charge is 0.165 e. The molecule has 0 spiro atoms. The molecule has 0 saturated heterocycles. The van der Waals surface area contributed by atoms with E-state index in [2.05, 4.69) is 49.2 Å². The van der Waals surface area contributed by atoms with Crippen LogP contribution in [0.4, 0.5) is 5.82 Å². The highest BCUT2D eigenvalue weighted by atomic mass is 79.9. The molecule has 3 aromatic heterocycles. The lowest BCUT2D eigenvalue weighted by molar-refractivity contribution is 0.555. The minimum absolute atomic E-state index is 0.0241. The highest BCUT2D eigenvalue weighted by Crippen LogP contribution is 2.32. The Kier molecular flexibility index (Phi) is 3.14. The Morgan fingerprint density at radius 3 is 3.00 bits per heavy atom. The van der Waals surface area contributed by atoms with Crippen LogP contribution in [0.25, 0.3) is 11.0 Å². The zero-order chi connectivity index (χ0) is 15.3. The van der Waals surface area contributed by atoms with Crippen LogP contribution in [-0.4, -0.2) is 29.5 Å². The number of nitrogens with two attached hydrogens (primary N) is 1. The summed E-state index contributed by atoms with van der Waals surface area (Å²) in [5.41, 5.74) is 7.75. The van der Waals surface area contributed by atoms with E-state index in [0.717, 1.165) is 29.1 Å². The Balaban J connectivity index is 1.71. The first-order chi connectivity index (χ1) is 10.6. The Labute approximate surface area is 135 Å². The molecule has 1 atom stereocenters. The summed E-state index contributed by atoms with van der Waals surface area (Å²) in [5.74, 6) is 1.23. The van der Waals surface area contributed by atoms with Crippen molar-refractivity contribution in [3.05, 3.63) is 28.9 Å². The van der Waals surface area contributed by atoms with Crippen molar-refractivity contribution in [3.63, 3.8) is 0 Å². The van der Waals surface area contributed by atoms with Gasteiger partial charge in [-0.1, -0.05) is 0 Å². The summed E-state index contributed by atoms with van der Waals surface area (Å²) in [4.78, 5) is 8.35. The number of aromatic nitrogens is 6. The van der Waals surface area contributed by atoms with E-state index in [-0.39, 0.29) is 6.04 Å². The predicted octanol–water partition coefficient (Wildman–Crippen LogP) is 2.39. The van der Waals surface area contributed by atoms with Gasteiger partial charge in [0.25, 0.3) is 0 Å². The topological polar surface area (TPSA) is 87.4 Å². The number of fused-ring (bicyclic) bond motifs is 1. The molecule has 8 heteroatoms. The van der Waals surface area contributed by atoms with Crippen LogP contribution in [-0.2, 0) is 6.54 Å². The molecule has 22 heavy (non-hydrogen) atoms. The van der Waals surface area contributed by atoms with Gasteiger partial charge in [0.1, 0.15) is 16.7 Å². The van der Waals surface area contributed by atoms with Crippen LogP contribution in [0.15, 0.2) is 23.3 Å². The number of hydrogen-bond donors (Lipinski definition) is 1. The summed E-state index contributed by atoms with van der Waals surface area (Å²) >= 11 is 3.44. The van der Waals surface area contributed by atoms with Gasteiger partial charge in [0, 0.05) is 18.3 Å². The van der Waals surface area contributed by atoms with Gasteiger partial charge in [-0.3, -0.25) is 4.68 Å². The second-order valence-corrected chi connectivity index (χ2v) is 6.56. The molecular formula is C14H16BrN7. The first-order valence-corrected chi connectivity index (χ1v) is 8.09. The first-order valence-electron chi connectivity index (χ1n) is 7.30. The first kappa shape index (κ1) is 13.7. The van der Waals surface area contributed by atoms with Gasteiger partial charge in [-0.25, -0.2) is 14.6 Å². The van der Waals surface area contributed by atoms with Gasteiger partial charge in [0.15, 0.2) is 5.65 Å². The van der Waals surface area contributed by atoms with Gasteiger partial charge in [0.2, 0.25) is 0 Å².